The minimum absolute atomic E-state index is 0.311. The van der Waals surface area contributed by atoms with Gasteiger partial charge in [0, 0.05) is 34.1 Å². The highest BCUT2D eigenvalue weighted by atomic mass is 35.5. The molecule has 0 heterocycles. The zero-order valence-corrected chi connectivity index (χ0v) is 14.0. The normalized spacial score (nSPS) is 10.5. The van der Waals surface area contributed by atoms with Crippen LogP contribution in [-0.2, 0) is 9.59 Å². The molecule has 25 heavy (non-hydrogen) atoms. The van der Waals surface area contributed by atoms with Crippen LogP contribution >= 0.6 is 11.6 Å². The summed E-state index contributed by atoms with van der Waals surface area (Å²) in [4.78, 5) is 34.1. The molecule has 2 rings (SSSR count). The van der Waals surface area contributed by atoms with Crippen LogP contribution in [0.3, 0.4) is 0 Å². The number of aliphatic carboxylic acids is 1. The van der Waals surface area contributed by atoms with Crippen molar-refractivity contribution in [1.29, 1.82) is 0 Å². The van der Waals surface area contributed by atoms with Crippen molar-refractivity contribution in [3.63, 3.8) is 0 Å². The van der Waals surface area contributed by atoms with E-state index in [4.69, 9.17) is 16.7 Å². The first kappa shape index (κ1) is 18.2. The van der Waals surface area contributed by atoms with E-state index in [0.717, 1.165) is 17.7 Å². The highest BCUT2D eigenvalue weighted by molar-refractivity contribution is 6.31. The third-order valence-electron chi connectivity index (χ3n) is 3.31. The van der Waals surface area contributed by atoms with E-state index in [1.165, 1.54) is 0 Å². The Morgan fingerprint density at radius 3 is 2.32 bits per heavy atom. The standard InChI is InChI=1S/C18H15ClN2O4/c1-11-14(19)3-2-4-15(11)21-18(25)12-5-7-13(8-6-12)20-16(22)9-10-17(23)24/h2-10H,1H3,(H,20,22)(H,21,25)(H,23,24)/b10-9+. The molecular formula is C18H15ClN2O4. The molecule has 0 spiro atoms. The van der Waals surface area contributed by atoms with Crippen molar-refractivity contribution in [2.45, 2.75) is 6.92 Å². The molecule has 0 atom stereocenters. The molecule has 0 saturated heterocycles. The molecule has 2 aromatic carbocycles. The second kappa shape index (κ2) is 8.12. The monoisotopic (exact) mass is 358 g/mol. The second-order valence-electron chi connectivity index (χ2n) is 5.10. The van der Waals surface area contributed by atoms with Gasteiger partial charge in [0.05, 0.1) is 0 Å². The van der Waals surface area contributed by atoms with E-state index in [2.05, 4.69) is 10.6 Å². The Balaban J connectivity index is 2.04. The van der Waals surface area contributed by atoms with E-state index < -0.39 is 11.9 Å². The molecule has 0 saturated carbocycles. The average molecular weight is 359 g/mol. The van der Waals surface area contributed by atoms with E-state index in [0.29, 0.717) is 22.0 Å². The van der Waals surface area contributed by atoms with Crippen molar-refractivity contribution in [2.24, 2.45) is 0 Å². The van der Waals surface area contributed by atoms with Gasteiger partial charge in [0.1, 0.15) is 0 Å². The van der Waals surface area contributed by atoms with Crippen LogP contribution in [0.1, 0.15) is 15.9 Å². The van der Waals surface area contributed by atoms with Crippen LogP contribution in [0, 0.1) is 6.92 Å². The average Bonchev–Trinajstić information content (AvgIpc) is 2.58. The lowest BCUT2D eigenvalue weighted by molar-refractivity contribution is -0.131. The Morgan fingerprint density at radius 2 is 1.68 bits per heavy atom. The molecule has 0 bridgehead atoms. The lowest BCUT2D eigenvalue weighted by Gasteiger charge is -2.10. The van der Waals surface area contributed by atoms with Gasteiger partial charge in [-0.05, 0) is 48.9 Å². The van der Waals surface area contributed by atoms with Gasteiger partial charge in [-0.3, -0.25) is 9.59 Å². The van der Waals surface area contributed by atoms with E-state index in [1.54, 1.807) is 49.4 Å². The number of rotatable bonds is 5. The highest BCUT2D eigenvalue weighted by Crippen LogP contribution is 2.23. The van der Waals surface area contributed by atoms with Gasteiger partial charge in [0.15, 0.2) is 0 Å². The lowest BCUT2D eigenvalue weighted by atomic mass is 10.1. The molecule has 0 radical (unpaired) electrons. The highest BCUT2D eigenvalue weighted by Gasteiger charge is 2.09. The van der Waals surface area contributed by atoms with Gasteiger partial charge >= 0.3 is 5.97 Å². The van der Waals surface area contributed by atoms with E-state index in [9.17, 15) is 14.4 Å². The maximum atomic E-state index is 12.3. The topological polar surface area (TPSA) is 95.5 Å². The summed E-state index contributed by atoms with van der Waals surface area (Å²) in [6, 6.07) is 11.4. The molecule has 0 aliphatic heterocycles. The SMILES string of the molecule is Cc1c(Cl)cccc1NC(=O)c1ccc(NC(=O)/C=C/C(=O)O)cc1. The molecule has 128 valence electrons. The summed E-state index contributed by atoms with van der Waals surface area (Å²) in [6.45, 7) is 1.81. The lowest BCUT2D eigenvalue weighted by Crippen LogP contribution is -2.13. The second-order valence-corrected chi connectivity index (χ2v) is 5.51. The third-order valence-corrected chi connectivity index (χ3v) is 3.72. The van der Waals surface area contributed by atoms with Crippen molar-refractivity contribution in [3.8, 4) is 0 Å². The molecule has 0 fully saturated rings. The molecule has 7 heteroatoms. The van der Waals surface area contributed by atoms with Crippen molar-refractivity contribution < 1.29 is 19.5 Å². The Hall–Kier alpha value is -3.12. The van der Waals surface area contributed by atoms with Crippen LogP contribution in [0.25, 0.3) is 0 Å². The molecule has 0 unspecified atom stereocenters. The van der Waals surface area contributed by atoms with Crippen LogP contribution in [0.15, 0.2) is 54.6 Å². The zero-order valence-electron chi connectivity index (χ0n) is 13.2. The first-order chi connectivity index (χ1) is 11.9. The van der Waals surface area contributed by atoms with Crippen LogP contribution in [-0.4, -0.2) is 22.9 Å². The Morgan fingerprint density at radius 1 is 1.00 bits per heavy atom. The minimum Gasteiger partial charge on any atom is -0.478 e. The minimum atomic E-state index is -1.21. The molecule has 0 aliphatic rings. The van der Waals surface area contributed by atoms with E-state index in [-0.39, 0.29) is 5.91 Å². The van der Waals surface area contributed by atoms with E-state index in [1.807, 2.05) is 0 Å². The van der Waals surface area contributed by atoms with Gasteiger partial charge in [-0.1, -0.05) is 17.7 Å². The number of hydrogen-bond donors (Lipinski definition) is 3. The summed E-state index contributed by atoms with van der Waals surface area (Å²) < 4.78 is 0. The first-order valence-electron chi connectivity index (χ1n) is 7.25. The summed E-state index contributed by atoms with van der Waals surface area (Å²) in [6.07, 6.45) is 1.65. The molecule has 2 amide bonds. The van der Waals surface area contributed by atoms with Crippen LogP contribution in [0.4, 0.5) is 11.4 Å². The molecule has 2 aromatic rings. The van der Waals surface area contributed by atoms with Gasteiger partial charge in [-0.15, -0.1) is 0 Å². The number of halogens is 1. The maximum Gasteiger partial charge on any atom is 0.328 e. The Kier molecular flexibility index (Phi) is 5.92. The van der Waals surface area contributed by atoms with E-state index >= 15 is 0 Å². The smallest absolute Gasteiger partial charge is 0.328 e. The summed E-state index contributed by atoms with van der Waals surface area (Å²) in [5, 5.41) is 14.3. The summed E-state index contributed by atoms with van der Waals surface area (Å²) in [7, 11) is 0. The number of nitrogens with one attached hydrogen (secondary N) is 2. The first-order valence-corrected chi connectivity index (χ1v) is 7.63. The predicted octanol–water partition coefficient (Wildman–Crippen LogP) is 3.48. The van der Waals surface area contributed by atoms with Crippen LogP contribution < -0.4 is 10.6 Å². The maximum absolute atomic E-state index is 12.3. The van der Waals surface area contributed by atoms with Gasteiger partial charge in [0.2, 0.25) is 5.91 Å². The molecular weight excluding hydrogens is 344 g/mol. The van der Waals surface area contributed by atoms with Crippen LogP contribution in [0.5, 0.6) is 0 Å². The molecule has 0 aliphatic carbocycles. The Labute approximate surface area is 149 Å². The van der Waals surface area contributed by atoms with Gasteiger partial charge in [-0.25, -0.2) is 4.79 Å². The fraction of sp³-hybridized carbons (Fsp3) is 0.0556. The fourth-order valence-electron chi connectivity index (χ4n) is 1.97. The number of amides is 2. The number of hydrogen-bond acceptors (Lipinski definition) is 3. The number of carbonyl (C=O) groups excluding carboxylic acids is 2. The van der Waals surface area contributed by atoms with Gasteiger partial charge < -0.3 is 15.7 Å². The summed E-state index contributed by atoms with van der Waals surface area (Å²) >= 11 is 6.02. The number of anilines is 2. The fourth-order valence-corrected chi connectivity index (χ4v) is 2.15. The van der Waals surface area contributed by atoms with Crippen molar-refractivity contribution in [3.05, 3.63) is 70.8 Å². The van der Waals surface area contributed by atoms with Crippen LogP contribution in [0.2, 0.25) is 5.02 Å². The molecule has 3 N–H and O–H groups in total. The zero-order chi connectivity index (χ0) is 18.4. The van der Waals surface area contributed by atoms with Crippen molar-refractivity contribution >= 4 is 40.8 Å². The molecule has 0 aromatic heterocycles. The molecule has 6 nitrogen and oxygen atoms in total. The number of carbonyl (C=O) groups is 3. The van der Waals surface area contributed by atoms with Gasteiger partial charge in [0.25, 0.3) is 5.91 Å². The quantitative estimate of drug-likeness (QED) is 0.713. The third kappa shape index (κ3) is 5.19. The summed E-state index contributed by atoms with van der Waals surface area (Å²) in [5.74, 6) is -2.10. The van der Waals surface area contributed by atoms with Gasteiger partial charge in [-0.2, -0.15) is 0 Å². The van der Waals surface area contributed by atoms with Crippen molar-refractivity contribution in [1.82, 2.24) is 0 Å². The predicted molar refractivity (Wildman–Crippen MR) is 96.0 cm³/mol. The number of carboxylic acid groups (broad SMARTS) is 1. The Bertz CT molecular complexity index is 845. The largest absolute Gasteiger partial charge is 0.478 e. The number of carboxylic acids is 1. The summed E-state index contributed by atoms with van der Waals surface area (Å²) in [5.41, 5.74) is 2.23. The van der Waals surface area contributed by atoms with Crippen molar-refractivity contribution in [2.75, 3.05) is 10.6 Å². The number of benzene rings is 2.